The summed E-state index contributed by atoms with van der Waals surface area (Å²) in [6.07, 6.45) is 0.337. The molecule has 2 amide bonds. The predicted octanol–water partition coefficient (Wildman–Crippen LogP) is 1.79. The van der Waals surface area contributed by atoms with E-state index >= 15 is 0 Å². The number of thiophene rings is 1. The zero-order chi connectivity index (χ0) is 14.4. The molecule has 104 valence electrons. The molecule has 2 aromatic rings. The number of primary amides is 1. The summed E-state index contributed by atoms with van der Waals surface area (Å²) >= 11 is 1.54. The maximum atomic E-state index is 11.8. The van der Waals surface area contributed by atoms with E-state index in [2.05, 4.69) is 5.32 Å². The largest absolute Gasteiger partial charge is 0.484 e. The molecule has 2 rings (SSSR count). The number of hydrogen-bond acceptors (Lipinski definition) is 4. The molecule has 0 saturated carbocycles. The van der Waals surface area contributed by atoms with Crippen LogP contribution < -0.4 is 15.8 Å². The molecule has 0 fully saturated rings. The molecule has 0 aliphatic rings. The first-order valence-corrected chi connectivity index (χ1v) is 6.85. The summed E-state index contributed by atoms with van der Waals surface area (Å²) in [5.41, 5.74) is 5.62. The Morgan fingerprint density at radius 3 is 2.80 bits per heavy atom. The lowest BCUT2D eigenvalue weighted by Gasteiger charge is -2.07. The lowest BCUT2D eigenvalue weighted by atomic mass is 10.2. The van der Waals surface area contributed by atoms with Gasteiger partial charge in [0.2, 0.25) is 5.91 Å². The molecule has 0 saturated heterocycles. The van der Waals surface area contributed by atoms with Gasteiger partial charge in [-0.05, 0) is 23.6 Å². The summed E-state index contributed by atoms with van der Waals surface area (Å²) in [6, 6.07) is 10.6. The third-order valence-corrected chi connectivity index (χ3v) is 3.29. The fourth-order valence-electron chi connectivity index (χ4n) is 1.59. The van der Waals surface area contributed by atoms with Crippen molar-refractivity contribution in [1.29, 1.82) is 0 Å². The number of nitrogens with two attached hydrogens (primary N) is 1. The van der Waals surface area contributed by atoms with Crippen LogP contribution in [0.15, 0.2) is 41.8 Å². The van der Waals surface area contributed by atoms with E-state index in [1.807, 2.05) is 17.5 Å². The second-order valence-electron chi connectivity index (χ2n) is 4.09. The average molecular weight is 290 g/mol. The zero-order valence-corrected chi connectivity index (χ0v) is 11.5. The molecule has 5 nitrogen and oxygen atoms in total. The van der Waals surface area contributed by atoms with Crippen LogP contribution in [-0.2, 0) is 16.0 Å². The van der Waals surface area contributed by atoms with Gasteiger partial charge in [0.15, 0.2) is 6.61 Å². The van der Waals surface area contributed by atoms with E-state index in [9.17, 15) is 9.59 Å². The Balaban J connectivity index is 1.93. The molecule has 0 unspecified atom stereocenters. The number of nitrogens with one attached hydrogen (secondary N) is 1. The van der Waals surface area contributed by atoms with Crippen molar-refractivity contribution < 1.29 is 14.3 Å². The minimum atomic E-state index is -0.544. The Bertz CT molecular complexity index is 596. The van der Waals surface area contributed by atoms with Crippen molar-refractivity contribution in [3.8, 4) is 5.75 Å². The first-order chi connectivity index (χ1) is 9.63. The van der Waals surface area contributed by atoms with E-state index in [0.717, 1.165) is 4.88 Å². The highest BCUT2D eigenvalue weighted by Crippen LogP contribution is 2.18. The van der Waals surface area contributed by atoms with Crippen LogP contribution in [-0.4, -0.2) is 18.4 Å². The topological polar surface area (TPSA) is 81.4 Å². The van der Waals surface area contributed by atoms with Gasteiger partial charge in [-0.1, -0.05) is 12.1 Å². The molecule has 0 radical (unpaired) electrons. The standard InChI is InChI=1S/C14H14N2O3S/c15-13(17)9-19-11-4-1-3-10(7-11)16-14(18)8-12-5-2-6-20-12/h1-7H,8-9H2,(H2,15,17)(H,16,18). The van der Waals surface area contributed by atoms with Crippen LogP contribution in [0.4, 0.5) is 5.69 Å². The van der Waals surface area contributed by atoms with E-state index < -0.39 is 5.91 Å². The molecular formula is C14H14N2O3S. The number of benzene rings is 1. The molecule has 6 heteroatoms. The van der Waals surface area contributed by atoms with Crippen LogP contribution in [0.1, 0.15) is 4.88 Å². The first-order valence-electron chi connectivity index (χ1n) is 5.97. The van der Waals surface area contributed by atoms with Gasteiger partial charge >= 0.3 is 0 Å². The molecule has 20 heavy (non-hydrogen) atoms. The highest BCUT2D eigenvalue weighted by atomic mass is 32.1. The lowest BCUT2D eigenvalue weighted by Crippen LogP contribution is -2.20. The minimum Gasteiger partial charge on any atom is -0.484 e. The van der Waals surface area contributed by atoms with Crippen molar-refractivity contribution in [2.24, 2.45) is 5.73 Å². The molecule has 0 atom stereocenters. The van der Waals surface area contributed by atoms with Gasteiger partial charge in [-0.15, -0.1) is 11.3 Å². The van der Waals surface area contributed by atoms with Crippen molar-refractivity contribution in [3.05, 3.63) is 46.7 Å². The van der Waals surface area contributed by atoms with E-state index in [1.54, 1.807) is 24.3 Å². The molecule has 1 heterocycles. The lowest BCUT2D eigenvalue weighted by molar-refractivity contribution is -0.120. The number of ether oxygens (including phenoxy) is 1. The van der Waals surface area contributed by atoms with Gasteiger partial charge in [-0.3, -0.25) is 9.59 Å². The Kier molecular flexibility index (Phi) is 4.73. The Morgan fingerprint density at radius 2 is 2.10 bits per heavy atom. The van der Waals surface area contributed by atoms with E-state index in [1.165, 1.54) is 11.3 Å². The van der Waals surface area contributed by atoms with Gasteiger partial charge in [0, 0.05) is 16.6 Å². The van der Waals surface area contributed by atoms with Crippen molar-refractivity contribution in [2.75, 3.05) is 11.9 Å². The van der Waals surface area contributed by atoms with Crippen molar-refractivity contribution in [3.63, 3.8) is 0 Å². The Labute approximate surface area is 120 Å². The third kappa shape index (κ3) is 4.40. The quantitative estimate of drug-likeness (QED) is 0.851. The maximum Gasteiger partial charge on any atom is 0.255 e. The number of anilines is 1. The average Bonchev–Trinajstić information content (AvgIpc) is 2.89. The highest BCUT2D eigenvalue weighted by Gasteiger charge is 2.06. The van der Waals surface area contributed by atoms with Crippen LogP contribution in [0.3, 0.4) is 0 Å². The highest BCUT2D eigenvalue weighted by molar-refractivity contribution is 7.10. The van der Waals surface area contributed by atoms with Gasteiger partial charge in [-0.25, -0.2) is 0 Å². The van der Waals surface area contributed by atoms with Crippen LogP contribution in [0.25, 0.3) is 0 Å². The zero-order valence-electron chi connectivity index (χ0n) is 10.7. The van der Waals surface area contributed by atoms with Crippen LogP contribution >= 0.6 is 11.3 Å². The number of hydrogen-bond donors (Lipinski definition) is 2. The molecule has 1 aromatic heterocycles. The normalized spacial score (nSPS) is 10.0. The fraction of sp³-hybridized carbons (Fsp3) is 0.143. The number of carbonyl (C=O) groups is 2. The molecular weight excluding hydrogens is 276 g/mol. The summed E-state index contributed by atoms with van der Waals surface area (Å²) in [5.74, 6) is -0.158. The summed E-state index contributed by atoms with van der Waals surface area (Å²) < 4.78 is 5.17. The van der Waals surface area contributed by atoms with Crippen molar-refractivity contribution in [1.82, 2.24) is 0 Å². The first kappa shape index (κ1) is 14.1. The second-order valence-corrected chi connectivity index (χ2v) is 5.12. The molecule has 0 aliphatic heterocycles. The molecule has 1 aromatic carbocycles. The minimum absolute atomic E-state index is 0.0977. The second kappa shape index (κ2) is 6.72. The van der Waals surface area contributed by atoms with E-state index in [0.29, 0.717) is 17.9 Å². The number of amides is 2. The SMILES string of the molecule is NC(=O)COc1cccc(NC(=O)Cc2cccs2)c1. The monoisotopic (exact) mass is 290 g/mol. The molecule has 0 bridgehead atoms. The Hall–Kier alpha value is -2.34. The van der Waals surface area contributed by atoms with Crippen molar-refractivity contribution >= 4 is 28.8 Å². The molecule has 0 aliphatic carbocycles. The summed E-state index contributed by atoms with van der Waals surface area (Å²) in [5, 5.41) is 4.71. The van der Waals surface area contributed by atoms with Gasteiger partial charge in [0.05, 0.1) is 6.42 Å². The maximum absolute atomic E-state index is 11.8. The van der Waals surface area contributed by atoms with Gasteiger partial charge in [-0.2, -0.15) is 0 Å². The van der Waals surface area contributed by atoms with Crippen LogP contribution in [0, 0.1) is 0 Å². The summed E-state index contributed by atoms with van der Waals surface area (Å²) in [6.45, 7) is -0.188. The predicted molar refractivity (Wildman–Crippen MR) is 77.8 cm³/mol. The van der Waals surface area contributed by atoms with Gasteiger partial charge in [0.25, 0.3) is 5.91 Å². The van der Waals surface area contributed by atoms with E-state index in [4.69, 9.17) is 10.5 Å². The third-order valence-electron chi connectivity index (χ3n) is 2.41. The molecule has 3 N–H and O–H groups in total. The fourth-order valence-corrected chi connectivity index (χ4v) is 2.30. The van der Waals surface area contributed by atoms with Gasteiger partial charge in [0.1, 0.15) is 5.75 Å². The smallest absolute Gasteiger partial charge is 0.255 e. The molecule has 0 spiro atoms. The van der Waals surface area contributed by atoms with Crippen LogP contribution in [0.2, 0.25) is 0 Å². The number of rotatable bonds is 6. The summed E-state index contributed by atoms with van der Waals surface area (Å²) in [4.78, 5) is 23.5. The Morgan fingerprint density at radius 1 is 1.25 bits per heavy atom. The van der Waals surface area contributed by atoms with Gasteiger partial charge < -0.3 is 15.8 Å². The number of carbonyl (C=O) groups excluding carboxylic acids is 2. The van der Waals surface area contributed by atoms with E-state index in [-0.39, 0.29) is 12.5 Å². The summed E-state index contributed by atoms with van der Waals surface area (Å²) in [7, 11) is 0. The van der Waals surface area contributed by atoms with Crippen LogP contribution in [0.5, 0.6) is 5.75 Å². The van der Waals surface area contributed by atoms with Crippen molar-refractivity contribution in [2.45, 2.75) is 6.42 Å².